The molecule has 1 heterocycles. The quantitative estimate of drug-likeness (QED) is 0.903. The van der Waals surface area contributed by atoms with E-state index in [0.29, 0.717) is 10.7 Å². The van der Waals surface area contributed by atoms with E-state index in [-0.39, 0.29) is 11.3 Å². The maximum Gasteiger partial charge on any atom is 0.323 e. The van der Waals surface area contributed by atoms with Crippen molar-refractivity contribution in [1.82, 2.24) is 4.98 Å². The Morgan fingerprint density at radius 2 is 1.86 bits per heavy atom. The smallest absolute Gasteiger partial charge is 0.323 e. The highest BCUT2D eigenvalue weighted by Gasteiger charge is 2.21. The minimum absolute atomic E-state index is 0.0891. The van der Waals surface area contributed by atoms with Gasteiger partial charge in [-0.3, -0.25) is 19.5 Å². The summed E-state index contributed by atoms with van der Waals surface area (Å²) >= 11 is 5.78. The third-order valence-electron chi connectivity index (χ3n) is 2.65. The monoisotopic (exact) mass is 306 g/mol. The summed E-state index contributed by atoms with van der Waals surface area (Å²) in [6.07, 6.45) is 2.44. The van der Waals surface area contributed by atoms with Crippen molar-refractivity contribution in [2.24, 2.45) is 0 Å². The average Bonchev–Trinajstić information content (AvgIpc) is 2.45. The summed E-state index contributed by atoms with van der Waals surface area (Å²) in [5.74, 6) is -1.92. The van der Waals surface area contributed by atoms with Crippen molar-refractivity contribution in [3.8, 4) is 5.75 Å². The minimum atomic E-state index is -1.16. The summed E-state index contributed by atoms with van der Waals surface area (Å²) in [6, 6.07) is 7.42. The van der Waals surface area contributed by atoms with E-state index in [1.807, 2.05) is 0 Å². The molecular formula is C14H11ClN2O4. The van der Waals surface area contributed by atoms with Crippen molar-refractivity contribution >= 4 is 29.2 Å². The molecule has 6 nitrogen and oxygen atoms in total. The fourth-order valence-electron chi connectivity index (χ4n) is 1.74. The Morgan fingerprint density at radius 1 is 1.19 bits per heavy atom. The van der Waals surface area contributed by atoms with Crippen LogP contribution in [0.25, 0.3) is 0 Å². The third-order valence-corrected chi connectivity index (χ3v) is 2.90. The van der Waals surface area contributed by atoms with Crippen LogP contribution in [0.2, 0.25) is 5.02 Å². The molecule has 1 aromatic heterocycles. The second kappa shape index (κ2) is 6.23. The fraction of sp³-hybridized carbons (Fsp3) is 0.0714. The summed E-state index contributed by atoms with van der Waals surface area (Å²) in [7, 11) is 0. The van der Waals surface area contributed by atoms with Crippen LogP contribution in [0.3, 0.4) is 0 Å². The van der Waals surface area contributed by atoms with Crippen molar-refractivity contribution in [2.75, 3.05) is 11.4 Å². The topological polar surface area (TPSA) is 90.7 Å². The molecule has 1 aromatic carbocycles. The largest absolute Gasteiger partial charge is 0.506 e. The Bertz CT molecular complexity index is 673. The van der Waals surface area contributed by atoms with Gasteiger partial charge in [-0.25, -0.2) is 0 Å². The molecule has 0 unspecified atom stereocenters. The normalized spacial score (nSPS) is 10.1. The molecule has 0 bridgehead atoms. The van der Waals surface area contributed by atoms with Gasteiger partial charge in [-0.2, -0.15) is 0 Å². The van der Waals surface area contributed by atoms with Crippen molar-refractivity contribution in [2.45, 2.75) is 0 Å². The molecule has 21 heavy (non-hydrogen) atoms. The van der Waals surface area contributed by atoms with Crippen LogP contribution in [0.1, 0.15) is 10.4 Å². The van der Waals surface area contributed by atoms with Gasteiger partial charge in [-0.1, -0.05) is 11.6 Å². The number of aromatic hydroxyl groups is 1. The van der Waals surface area contributed by atoms with Gasteiger partial charge in [0.1, 0.15) is 12.3 Å². The van der Waals surface area contributed by atoms with Crippen LogP contribution in [0.4, 0.5) is 5.69 Å². The van der Waals surface area contributed by atoms with Crippen LogP contribution in [-0.2, 0) is 4.79 Å². The second-order valence-electron chi connectivity index (χ2n) is 4.19. The first kappa shape index (κ1) is 14.8. The standard InChI is InChI=1S/C14H11ClN2O4/c15-10-1-3-11(4-2-10)17(8-13(19)20)14(21)9-5-12(18)7-16-6-9/h1-7,18H,8H2,(H,19,20). The number of benzene rings is 1. The SMILES string of the molecule is O=C(O)CN(C(=O)c1cncc(O)c1)c1ccc(Cl)cc1. The predicted molar refractivity (Wildman–Crippen MR) is 76.7 cm³/mol. The summed E-state index contributed by atoms with van der Waals surface area (Å²) in [4.78, 5) is 28.1. The number of halogens is 1. The van der Waals surface area contributed by atoms with Crippen LogP contribution >= 0.6 is 11.6 Å². The van der Waals surface area contributed by atoms with Crippen LogP contribution in [-0.4, -0.2) is 33.6 Å². The number of anilines is 1. The van der Waals surface area contributed by atoms with E-state index in [4.69, 9.17) is 16.7 Å². The molecule has 2 rings (SSSR count). The average molecular weight is 307 g/mol. The lowest BCUT2D eigenvalue weighted by Gasteiger charge is -2.21. The van der Waals surface area contributed by atoms with Gasteiger partial charge in [0.2, 0.25) is 0 Å². The summed E-state index contributed by atoms with van der Waals surface area (Å²) in [5.41, 5.74) is 0.473. The number of rotatable bonds is 4. The number of amides is 1. The Morgan fingerprint density at radius 3 is 2.43 bits per heavy atom. The molecule has 0 radical (unpaired) electrons. The number of carbonyl (C=O) groups excluding carboxylic acids is 1. The zero-order valence-corrected chi connectivity index (χ0v) is 11.5. The zero-order valence-electron chi connectivity index (χ0n) is 10.7. The Labute approximate surface area is 125 Å². The summed E-state index contributed by atoms with van der Waals surface area (Å²) < 4.78 is 0. The first-order valence-corrected chi connectivity index (χ1v) is 6.28. The minimum Gasteiger partial charge on any atom is -0.506 e. The number of carboxylic acid groups (broad SMARTS) is 1. The number of nitrogens with zero attached hydrogens (tertiary/aromatic N) is 2. The number of carboxylic acids is 1. The van der Waals surface area contributed by atoms with E-state index in [1.54, 1.807) is 24.3 Å². The van der Waals surface area contributed by atoms with Gasteiger partial charge in [0.25, 0.3) is 5.91 Å². The summed E-state index contributed by atoms with van der Waals surface area (Å²) in [6.45, 7) is -0.518. The molecule has 7 heteroatoms. The highest BCUT2D eigenvalue weighted by atomic mass is 35.5. The second-order valence-corrected chi connectivity index (χ2v) is 4.63. The molecule has 0 aliphatic heterocycles. The maximum atomic E-state index is 12.4. The molecule has 108 valence electrons. The number of hydrogen-bond acceptors (Lipinski definition) is 4. The molecule has 1 amide bonds. The molecule has 0 spiro atoms. The predicted octanol–water partition coefficient (Wildman–Crippen LogP) is 2.17. The van der Waals surface area contributed by atoms with Gasteiger partial charge < -0.3 is 10.2 Å². The van der Waals surface area contributed by atoms with Crippen molar-refractivity contribution in [1.29, 1.82) is 0 Å². The Balaban J connectivity index is 2.38. The first-order chi connectivity index (χ1) is 9.97. The first-order valence-electron chi connectivity index (χ1n) is 5.90. The number of hydrogen-bond donors (Lipinski definition) is 2. The molecule has 0 aliphatic rings. The van der Waals surface area contributed by atoms with Crippen molar-refractivity contribution < 1.29 is 19.8 Å². The van der Waals surface area contributed by atoms with E-state index in [1.165, 1.54) is 18.5 Å². The van der Waals surface area contributed by atoms with E-state index in [2.05, 4.69) is 4.98 Å². The van der Waals surface area contributed by atoms with E-state index in [9.17, 15) is 14.7 Å². The Hall–Kier alpha value is -2.60. The highest BCUT2D eigenvalue weighted by Crippen LogP contribution is 2.21. The van der Waals surface area contributed by atoms with Crippen LogP contribution in [0.15, 0.2) is 42.7 Å². The zero-order chi connectivity index (χ0) is 15.4. The van der Waals surface area contributed by atoms with Crippen molar-refractivity contribution in [3.63, 3.8) is 0 Å². The van der Waals surface area contributed by atoms with Crippen LogP contribution in [0, 0.1) is 0 Å². The summed E-state index contributed by atoms with van der Waals surface area (Å²) in [5, 5.41) is 18.8. The maximum absolute atomic E-state index is 12.4. The lowest BCUT2D eigenvalue weighted by Crippen LogP contribution is -2.35. The van der Waals surface area contributed by atoms with Gasteiger partial charge >= 0.3 is 5.97 Å². The number of aliphatic carboxylic acids is 1. The van der Waals surface area contributed by atoms with E-state index in [0.717, 1.165) is 4.90 Å². The molecule has 0 aliphatic carbocycles. The Kier molecular flexibility index (Phi) is 4.39. The third kappa shape index (κ3) is 3.70. The van der Waals surface area contributed by atoms with Crippen LogP contribution in [0.5, 0.6) is 5.75 Å². The van der Waals surface area contributed by atoms with Gasteiger partial charge in [0.05, 0.1) is 11.8 Å². The van der Waals surface area contributed by atoms with Crippen LogP contribution < -0.4 is 4.90 Å². The molecule has 2 N–H and O–H groups in total. The molecule has 0 saturated carbocycles. The lowest BCUT2D eigenvalue weighted by molar-refractivity contribution is -0.135. The van der Waals surface area contributed by atoms with Gasteiger partial charge in [0.15, 0.2) is 0 Å². The number of pyridine rings is 1. The molecule has 0 saturated heterocycles. The van der Waals surface area contributed by atoms with E-state index >= 15 is 0 Å². The van der Waals surface area contributed by atoms with Gasteiger partial charge in [-0.15, -0.1) is 0 Å². The molecule has 0 fully saturated rings. The number of carbonyl (C=O) groups is 2. The van der Waals surface area contributed by atoms with Gasteiger partial charge in [0, 0.05) is 16.9 Å². The molecular weight excluding hydrogens is 296 g/mol. The van der Waals surface area contributed by atoms with Crippen molar-refractivity contribution in [3.05, 3.63) is 53.3 Å². The molecule has 0 atom stereocenters. The lowest BCUT2D eigenvalue weighted by atomic mass is 10.2. The van der Waals surface area contributed by atoms with Gasteiger partial charge in [-0.05, 0) is 30.3 Å². The number of aromatic nitrogens is 1. The fourth-order valence-corrected chi connectivity index (χ4v) is 1.86. The van der Waals surface area contributed by atoms with E-state index < -0.39 is 18.4 Å². The highest BCUT2D eigenvalue weighted by molar-refractivity contribution is 6.30. The molecule has 2 aromatic rings.